The van der Waals surface area contributed by atoms with Crippen molar-refractivity contribution in [2.45, 2.75) is 19.1 Å². The summed E-state index contributed by atoms with van der Waals surface area (Å²) in [5, 5.41) is 12.9. The number of anilines is 1. The van der Waals surface area contributed by atoms with Gasteiger partial charge in [0.1, 0.15) is 6.61 Å². The summed E-state index contributed by atoms with van der Waals surface area (Å²) < 4.78 is 6.80. The van der Waals surface area contributed by atoms with Crippen LogP contribution in [-0.2, 0) is 18.4 Å². The Labute approximate surface area is 144 Å². The number of likely N-dealkylation sites (tertiary alicyclic amines) is 1. The number of carbonyl (C=O) groups excluding carboxylic acids is 2. The Morgan fingerprint density at radius 2 is 2.12 bits per heavy atom. The molecule has 9 heteroatoms. The molecule has 1 atom stereocenters. The second-order valence-corrected chi connectivity index (χ2v) is 5.85. The van der Waals surface area contributed by atoms with Crippen LogP contribution in [-0.4, -0.2) is 51.1 Å². The van der Waals surface area contributed by atoms with Crippen LogP contribution in [0.3, 0.4) is 0 Å². The highest BCUT2D eigenvalue weighted by Crippen LogP contribution is 2.12. The highest BCUT2D eigenvalue weighted by Gasteiger charge is 2.28. The van der Waals surface area contributed by atoms with E-state index in [4.69, 9.17) is 4.74 Å². The summed E-state index contributed by atoms with van der Waals surface area (Å²) in [6.45, 7) is 1.20. The maximum Gasteiger partial charge on any atom is 0.410 e. The molecule has 3 rings (SSSR count). The summed E-state index contributed by atoms with van der Waals surface area (Å²) in [5.74, 6) is 0.372. The average Bonchev–Trinajstić information content (AvgIpc) is 3.22. The van der Waals surface area contributed by atoms with Crippen LogP contribution in [0.4, 0.5) is 15.4 Å². The van der Waals surface area contributed by atoms with Crippen molar-refractivity contribution >= 4 is 17.9 Å². The van der Waals surface area contributed by atoms with Crippen molar-refractivity contribution < 1.29 is 14.3 Å². The molecule has 132 valence electrons. The number of urea groups is 1. The van der Waals surface area contributed by atoms with Crippen molar-refractivity contribution in [3.05, 3.63) is 42.1 Å². The van der Waals surface area contributed by atoms with E-state index < -0.39 is 0 Å². The first-order chi connectivity index (χ1) is 12.1. The number of carbonyl (C=O) groups is 2. The van der Waals surface area contributed by atoms with Gasteiger partial charge in [-0.1, -0.05) is 35.5 Å². The number of nitrogens with one attached hydrogen (secondary N) is 2. The summed E-state index contributed by atoms with van der Waals surface area (Å²) in [4.78, 5) is 25.6. The van der Waals surface area contributed by atoms with Crippen LogP contribution in [0.15, 0.2) is 36.5 Å². The number of ether oxygens (including phenoxy) is 1. The first-order valence-electron chi connectivity index (χ1n) is 7.99. The zero-order valence-corrected chi connectivity index (χ0v) is 13.9. The highest BCUT2D eigenvalue weighted by molar-refractivity contribution is 5.88. The van der Waals surface area contributed by atoms with E-state index in [9.17, 15) is 9.59 Å². The Morgan fingerprint density at radius 3 is 2.84 bits per heavy atom. The van der Waals surface area contributed by atoms with Gasteiger partial charge in [-0.15, -0.1) is 5.10 Å². The first-order valence-corrected chi connectivity index (χ1v) is 7.99. The summed E-state index contributed by atoms with van der Waals surface area (Å²) in [6.07, 6.45) is 1.90. The fourth-order valence-corrected chi connectivity index (χ4v) is 2.60. The van der Waals surface area contributed by atoms with E-state index in [-0.39, 0.29) is 24.8 Å². The van der Waals surface area contributed by atoms with E-state index in [1.807, 2.05) is 30.3 Å². The number of nitrogens with zero attached hydrogens (tertiary/aromatic N) is 4. The zero-order valence-electron chi connectivity index (χ0n) is 13.9. The van der Waals surface area contributed by atoms with Crippen LogP contribution in [0.25, 0.3) is 0 Å². The van der Waals surface area contributed by atoms with Crippen molar-refractivity contribution in [1.82, 2.24) is 25.2 Å². The molecule has 1 aromatic heterocycles. The van der Waals surface area contributed by atoms with Gasteiger partial charge in [0.15, 0.2) is 5.82 Å². The fourth-order valence-electron chi connectivity index (χ4n) is 2.60. The number of aryl methyl sites for hydroxylation is 1. The Bertz CT molecular complexity index is 732. The normalized spacial score (nSPS) is 16.5. The molecule has 0 aliphatic carbocycles. The van der Waals surface area contributed by atoms with E-state index in [1.165, 1.54) is 4.68 Å². The molecule has 1 aliphatic rings. The number of benzene rings is 1. The summed E-state index contributed by atoms with van der Waals surface area (Å²) in [7, 11) is 1.71. The van der Waals surface area contributed by atoms with Gasteiger partial charge in [-0.05, 0) is 12.0 Å². The predicted molar refractivity (Wildman–Crippen MR) is 89.8 cm³/mol. The number of aromatic nitrogens is 3. The van der Waals surface area contributed by atoms with Gasteiger partial charge in [0, 0.05) is 26.2 Å². The van der Waals surface area contributed by atoms with E-state index in [0.29, 0.717) is 25.3 Å². The lowest BCUT2D eigenvalue weighted by atomic mass is 10.2. The maximum absolute atomic E-state index is 12.1. The molecular formula is C16H20N6O3. The Balaban J connectivity index is 1.41. The van der Waals surface area contributed by atoms with Crippen molar-refractivity contribution in [2.24, 2.45) is 7.05 Å². The van der Waals surface area contributed by atoms with Crippen LogP contribution in [0.2, 0.25) is 0 Å². The molecule has 2 aromatic rings. The molecule has 0 unspecified atom stereocenters. The lowest BCUT2D eigenvalue weighted by Gasteiger charge is -2.17. The van der Waals surface area contributed by atoms with Crippen molar-refractivity contribution in [3.63, 3.8) is 0 Å². The minimum atomic E-state index is -0.373. The van der Waals surface area contributed by atoms with E-state index >= 15 is 0 Å². The number of amides is 3. The van der Waals surface area contributed by atoms with Crippen LogP contribution >= 0.6 is 0 Å². The second kappa shape index (κ2) is 7.65. The molecule has 2 N–H and O–H groups in total. The highest BCUT2D eigenvalue weighted by atomic mass is 16.6. The van der Waals surface area contributed by atoms with Gasteiger partial charge in [0.05, 0.1) is 6.20 Å². The van der Waals surface area contributed by atoms with Crippen LogP contribution in [0.5, 0.6) is 0 Å². The van der Waals surface area contributed by atoms with Gasteiger partial charge in [0.25, 0.3) is 0 Å². The smallest absolute Gasteiger partial charge is 0.410 e. The average molecular weight is 344 g/mol. The van der Waals surface area contributed by atoms with Gasteiger partial charge in [-0.3, -0.25) is 10.00 Å². The molecule has 1 aliphatic heterocycles. The Kier molecular flexibility index (Phi) is 5.12. The van der Waals surface area contributed by atoms with Crippen LogP contribution < -0.4 is 10.6 Å². The quantitative estimate of drug-likeness (QED) is 0.872. The number of hydrogen-bond acceptors (Lipinski definition) is 5. The lowest BCUT2D eigenvalue weighted by Crippen LogP contribution is -2.40. The van der Waals surface area contributed by atoms with Crippen molar-refractivity contribution in [1.29, 1.82) is 0 Å². The van der Waals surface area contributed by atoms with Crippen molar-refractivity contribution in [2.75, 3.05) is 18.4 Å². The van der Waals surface area contributed by atoms with Gasteiger partial charge >= 0.3 is 12.1 Å². The predicted octanol–water partition coefficient (Wildman–Crippen LogP) is 1.35. The number of hydrogen-bond donors (Lipinski definition) is 2. The molecule has 1 fully saturated rings. The molecule has 3 amide bonds. The van der Waals surface area contributed by atoms with E-state index in [0.717, 1.165) is 5.56 Å². The van der Waals surface area contributed by atoms with E-state index in [1.54, 1.807) is 18.1 Å². The molecule has 2 heterocycles. The minimum absolute atomic E-state index is 0.124. The molecule has 0 radical (unpaired) electrons. The third-order valence-electron chi connectivity index (χ3n) is 3.83. The molecule has 0 saturated carbocycles. The van der Waals surface area contributed by atoms with Crippen LogP contribution in [0.1, 0.15) is 12.0 Å². The molecule has 1 aromatic carbocycles. The zero-order chi connectivity index (χ0) is 17.6. The SMILES string of the molecule is Cn1cc(NC(=O)N[C@@H]2CCN(C(=O)OCc3ccccc3)C2)nn1. The third-order valence-corrected chi connectivity index (χ3v) is 3.83. The molecule has 0 spiro atoms. The molecule has 25 heavy (non-hydrogen) atoms. The molecule has 9 nitrogen and oxygen atoms in total. The molecular weight excluding hydrogens is 324 g/mol. The monoisotopic (exact) mass is 344 g/mol. The number of rotatable bonds is 4. The fraction of sp³-hybridized carbons (Fsp3) is 0.375. The topological polar surface area (TPSA) is 101 Å². The van der Waals surface area contributed by atoms with Gasteiger partial charge < -0.3 is 15.0 Å². The Morgan fingerprint density at radius 1 is 1.32 bits per heavy atom. The summed E-state index contributed by atoms with van der Waals surface area (Å²) in [6, 6.07) is 9.01. The molecule has 1 saturated heterocycles. The van der Waals surface area contributed by atoms with Gasteiger partial charge in [-0.25, -0.2) is 9.59 Å². The minimum Gasteiger partial charge on any atom is -0.445 e. The standard InChI is InChI=1S/C16H20N6O3/c1-21-10-14(19-20-21)18-15(23)17-13-7-8-22(9-13)16(24)25-11-12-5-3-2-4-6-12/h2-6,10,13H,7-9,11H2,1H3,(H2,17,18,23)/t13-/m1/s1. The third kappa shape index (κ3) is 4.69. The first kappa shape index (κ1) is 16.7. The molecule has 0 bridgehead atoms. The maximum atomic E-state index is 12.1. The second-order valence-electron chi connectivity index (χ2n) is 5.85. The lowest BCUT2D eigenvalue weighted by molar-refractivity contribution is 0.103. The van der Waals surface area contributed by atoms with Crippen molar-refractivity contribution in [3.8, 4) is 0 Å². The summed E-state index contributed by atoms with van der Waals surface area (Å²) >= 11 is 0. The van der Waals surface area contributed by atoms with Crippen LogP contribution in [0, 0.1) is 0 Å². The summed E-state index contributed by atoms with van der Waals surface area (Å²) in [5.41, 5.74) is 0.938. The largest absolute Gasteiger partial charge is 0.445 e. The van der Waals surface area contributed by atoms with E-state index in [2.05, 4.69) is 20.9 Å². The Hall–Kier alpha value is -3.10. The van der Waals surface area contributed by atoms with Gasteiger partial charge in [-0.2, -0.15) is 0 Å². The van der Waals surface area contributed by atoms with Gasteiger partial charge in [0.2, 0.25) is 0 Å².